The second-order valence-corrected chi connectivity index (χ2v) is 7.41. The monoisotopic (exact) mass is 338 g/mol. The van der Waals surface area contributed by atoms with Crippen molar-refractivity contribution >= 4 is 35.2 Å². The Hall–Kier alpha value is -1.38. The Bertz CT molecular complexity index is 737. The third kappa shape index (κ3) is 4.55. The molecule has 3 aromatic rings. The van der Waals surface area contributed by atoms with Gasteiger partial charge in [0.15, 0.2) is 0 Å². The molecule has 1 unspecified atom stereocenters. The van der Waals surface area contributed by atoms with Crippen LogP contribution in [0.2, 0.25) is 0 Å². The number of aryl methyl sites for hydroxylation is 1. The van der Waals surface area contributed by atoms with Gasteiger partial charge in [0.25, 0.3) is 0 Å². The summed E-state index contributed by atoms with van der Waals surface area (Å²) in [4.78, 5) is 0. The SMILES string of the molecule is SCC(SCCCc1ccc2ccccc2c1)c1ccccc1. The zero-order chi connectivity index (χ0) is 15.9. The van der Waals surface area contributed by atoms with Gasteiger partial charge in [0.2, 0.25) is 0 Å². The van der Waals surface area contributed by atoms with Crippen LogP contribution in [0.3, 0.4) is 0 Å². The molecule has 1 atom stereocenters. The van der Waals surface area contributed by atoms with Crippen molar-refractivity contribution in [2.75, 3.05) is 11.5 Å². The largest absolute Gasteiger partial charge is 0.178 e. The van der Waals surface area contributed by atoms with Gasteiger partial charge in [-0.05, 0) is 40.5 Å². The Morgan fingerprint density at radius 3 is 2.35 bits per heavy atom. The first kappa shape index (κ1) is 16.5. The van der Waals surface area contributed by atoms with Crippen LogP contribution in [0.4, 0.5) is 0 Å². The van der Waals surface area contributed by atoms with Gasteiger partial charge in [0.05, 0.1) is 0 Å². The van der Waals surface area contributed by atoms with E-state index in [1.54, 1.807) is 0 Å². The normalized spacial score (nSPS) is 12.4. The topological polar surface area (TPSA) is 0 Å². The van der Waals surface area contributed by atoms with Crippen molar-refractivity contribution < 1.29 is 0 Å². The Kier molecular flexibility index (Phi) is 6.06. The lowest BCUT2D eigenvalue weighted by atomic mass is 10.0. The molecule has 3 rings (SSSR count). The fourth-order valence-corrected chi connectivity index (χ4v) is 4.40. The summed E-state index contributed by atoms with van der Waals surface area (Å²) in [5, 5.41) is 3.16. The molecule has 0 amide bonds. The maximum absolute atomic E-state index is 4.52. The lowest BCUT2D eigenvalue weighted by molar-refractivity contribution is 0.930. The molecule has 0 heterocycles. The van der Waals surface area contributed by atoms with E-state index in [4.69, 9.17) is 0 Å². The van der Waals surface area contributed by atoms with E-state index in [1.165, 1.54) is 34.1 Å². The average Bonchev–Trinajstić information content (AvgIpc) is 2.62. The van der Waals surface area contributed by atoms with Crippen LogP contribution in [-0.2, 0) is 6.42 Å². The van der Waals surface area contributed by atoms with E-state index in [0.29, 0.717) is 5.25 Å². The summed E-state index contributed by atoms with van der Waals surface area (Å²) in [5.41, 5.74) is 2.82. The number of hydrogen-bond donors (Lipinski definition) is 1. The molecule has 0 N–H and O–H groups in total. The van der Waals surface area contributed by atoms with Gasteiger partial charge in [-0.1, -0.05) is 72.8 Å². The first-order chi connectivity index (χ1) is 11.4. The van der Waals surface area contributed by atoms with Crippen molar-refractivity contribution in [2.24, 2.45) is 0 Å². The molecule has 0 nitrogen and oxygen atoms in total. The van der Waals surface area contributed by atoms with Crippen molar-refractivity contribution in [1.29, 1.82) is 0 Å². The number of benzene rings is 3. The predicted octanol–water partition coefficient (Wildman–Crippen LogP) is 6.18. The van der Waals surface area contributed by atoms with Gasteiger partial charge in [-0.3, -0.25) is 0 Å². The molecular formula is C21H22S2. The molecule has 3 aromatic carbocycles. The number of thioether (sulfide) groups is 1. The van der Waals surface area contributed by atoms with Crippen molar-refractivity contribution in [1.82, 2.24) is 0 Å². The molecule has 0 aliphatic rings. The fourth-order valence-electron chi connectivity index (χ4n) is 2.82. The highest BCUT2D eigenvalue weighted by Crippen LogP contribution is 2.30. The summed E-state index contributed by atoms with van der Waals surface area (Å²) in [5.74, 6) is 2.07. The highest BCUT2D eigenvalue weighted by Gasteiger charge is 2.09. The average molecular weight is 339 g/mol. The van der Waals surface area contributed by atoms with Crippen molar-refractivity contribution in [2.45, 2.75) is 18.1 Å². The molecule has 118 valence electrons. The van der Waals surface area contributed by atoms with E-state index in [9.17, 15) is 0 Å². The molecule has 0 fully saturated rings. The maximum Gasteiger partial charge on any atom is 0.0385 e. The Balaban J connectivity index is 1.52. The predicted molar refractivity (Wildman–Crippen MR) is 108 cm³/mol. The van der Waals surface area contributed by atoms with Crippen LogP contribution < -0.4 is 0 Å². The quantitative estimate of drug-likeness (QED) is 0.396. The Morgan fingerprint density at radius 2 is 1.57 bits per heavy atom. The number of thiol groups is 1. The third-order valence-electron chi connectivity index (χ3n) is 4.08. The molecule has 0 radical (unpaired) electrons. The van der Waals surface area contributed by atoms with Crippen LogP contribution in [0.1, 0.15) is 22.8 Å². The van der Waals surface area contributed by atoms with Crippen LogP contribution in [0.15, 0.2) is 72.8 Å². The molecule has 0 spiro atoms. The van der Waals surface area contributed by atoms with Gasteiger partial charge in [-0.25, -0.2) is 0 Å². The Labute approximate surface area is 148 Å². The standard InChI is InChI=1S/C21H22S2/c22-16-21(19-9-2-1-3-10-19)23-14-6-7-17-12-13-18-8-4-5-11-20(18)15-17/h1-5,8-13,15,21-22H,6-7,14,16H2. The molecule has 0 bridgehead atoms. The summed E-state index contributed by atoms with van der Waals surface area (Å²) in [6.45, 7) is 0. The minimum Gasteiger partial charge on any atom is -0.178 e. The van der Waals surface area contributed by atoms with Crippen molar-refractivity contribution in [3.05, 3.63) is 83.9 Å². The van der Waals surface area contributed by atoms with Gasteiger partial charge in [0, 0.05) is 11.0 Å². The second-order valence-electron chi connectivity index (χ2n) is 5.74. The van der Waals surface area contributed by atoms with Crippen LogP contribution in [0.5, 0.6) is 0 Å². The number of fused-ring (bicyclic) bond motifs is 1. The van der Waals surface area contributed by atoms with Crippen molar-refractivity contribution in [3.8, 4) is 0 Å². The van der Waals surface area contributed by atoms with Gasteiger partial charge in [0.1, 0.15) is 0 Å². The molecule has 0 aliphatic carbocycles. The highest BCUT2D eigenvalue weighted by molar-refractivity contribution is 8.00. The third-order valence-corrected chi connectivity index (χ3v) is 6.06. The number of hydrogen-bond acceptors (Lipinski definition) is 2. The molecule has 23 heavy (non-hydrogen) atoms. The fraction of sp³-hybridized carbons (Fsp3) is 0.238. The molecule has 0 saturated carbocycles. The molecular weight excluding hydrogens is 316 g/mol. The first-order valence-electron chi connectivity index (χ1n) is 8.12. The zero-order valence-electron chi connectivity index (χ0n) is 13.2. The minimum absolute atomic E-state index is 0.496. The van der Waals surface area contributed by atoms with Crippen molar-refractivity contribution in [3.63, 3.8) is 0 Å². The van der Waals surface area contributed by atoms with Gasteiger partial charge >= 0.3 is 0 Å². The summed E-state index contributed by atoms with van der Waals surface area (Å²) in [7, 11) is 0. The summed E-state index contributed by atoms with van der Waals surface area (Å²) in [6.07, 6.45) is 2.35. The van der Waals surface area contributed by atoms with Gasteiger partial charge in [-0.15, -0.1) is 0 Å². The molecule has 0 aliphatic heterocycles. The van der Waals surface area contributed by atoms with Gasteiger partial charge < -0.3 is 0 Å². The second kappa shape index (κ2) is 8.47. The van der Waals surface area contributed by atoms with E-state index in [-0.39, 0.29) is 0 Å². The number of rotatable bonds is 7. The summed E-state index contributed by atoms with van der Waals surface area (Å²) < 4.78 is 0. The zero-order valence-corrected chi connectivity index (χ0v) is 14.9. The summed E-state index contributed by atoms with van der Waals surface area (Å²) in [6, 6.07) is 26.1. The molecule has 2 heteroatoms. The van der Waals surface area contributed by atoms with Crippen LogP contribution in [0, 0.1) is 0 Å². The summed E-state index contributed by atoms with van der Waals surface area (Å²) >= 11 is 6.54. The molecule has 0 saturated heterocycles. The van der Waals surface area contributed by atoms with E-state index >= 15 is 0 Å². The lowest BCUT2D eigenvalue weighted by Crippen LogP contribution is -1.98. The van der Waals surface area contributed by atoms with E-state index in [1.807, 2.05) is 11.8 Å². The van der Waals surface area contributed by atoms with Crippen LogP contribution in [-0.4, -0.2) is 11.5 Å². The van der Waals surface area contributed by atoms with Crippen LogP contribution >= 0.6 is 24.4 Å². The van der Waals surface area contributed by atoms with Gasteiger partial charge in [-0.2, -0.15) is 24.4 Å². The minimum atomic E-state index is 0.496. The van der Waals surface area contributed by atoms with Crippen LogP contribution in [0.25, 0.3) is 10.8 Å². The van der Waals surface area contributed by atoms with E-state index in [0.717, 1.165) is 12.2 Å². The molecule has 0 aromatic heterocycles. The van der Waals surface area contributed by atoms with E-state index < -0.39 is 0 Å². The Morgan fingerprint density at radius 1 is 0.826 bits per heavy atom. The first-order valence-corrected chi connectivity index (χ1v) is 9.80. The van der Waals surface area contributed by atoms with E-state index in [2.05, 4.69) is 85.4 Å². The lowest BCUT2D eigenvalue weighted by Gasteiger charge is -2.14. The maximum atomic E-state index is 4.52. The smallest absolute Gasteiger partial charge is 0.0385 e. The highest BCUT2D eigenvalue weighted by atomic mass is 32.2.